The predicted molar refractivity (Wildman–Crippen MR) is 86.9 cm³/mol. The molecule has 7 heteroatoms. The lowest BCUT2D eigenvalue weighted by Crippen LogP contribution is -2.52. The number of carbonyl (C=O) groups is 2. The van der Waals surface area contributed by atoms with E-state index in [2.05, 4.69) is 19.0 Å². The molecule has 1 unspecified atom stereocenters. The second-order valence-electron chi connectivity index (χ2n) is 6.48. The maximum atomic E-state index is 12.7. The highest BCUT2D eigenvalue weighted by Gasteiger charge is 2.44. The van der Waals surface area contributed by atoms with Gasteiger partial charge in [0, 0.05) is 32.2 Å². The highest BCUT2D eigenvalue weighted by atomic mass is 16.5. The highest BCUT2D eigenvalue weighted by Crippen LogP contribution is 2.32. The second-order valence-corrected chi connectivity index (χ2v) is 6.48. The lowest BCUT2D eigenvalue weighted by Gasteiger charge is -2.38. The topological polar surface area (TPSA) is 92.9 Å². The molecule has 7 nitrogen and oxygen atoms in total. The van der Waals surface area contributed by atoms with Crippen LogP contribution < -0.4 is 0 Å². The molecule has 24 heavy (non-hydrogen) atoms. The van der Waals surface area contributed by atoms with Crippen LogP contribution in [0.4, 0.5) is 0 Å². The molecular formula is C17H26N2O5. The minimum absolute atomic E-state index is 0.0848. The van der Waals surface area contributed by atoms with Gasteiger partial charge in [-0.15, -0.1) is 0 Å². The quantitative estimate of drug-likeness (QED) is 0.821. The Morgan fingerprint density at radius 3 is 2.75 bits per heavy atom. The average molecular weight is 338 g/mol. The minimum atomic E-state index is -1.05. The summed E-state index contributed by atoms with van der Waals surface area (Å²) in [5.41, 5.74) is -0.275. The number of ether oxygens (including phenoxy) is 1. The number of hydrogen-bond donors (Lipinski definition) is 1. The van der Waals surface area contributed by atoms with Crippen LogP contribution >= 0.6 is 0 Å². The first kappa shape index (κ1) is 18.4. The van der Waals surface area contributed by atoms with Crippen molar-refractivity contribution in [3.8, 4) is 0 Å². The third-order valence-corrected chi connectivity index (χ3v) is 4.88. The van der Waals surface area contributed by atoms with Crippen LogP contribution in [0.3, 0.4) is 0 Å². The monoisotopic (exact) mass is 338 g/mol. The standard InChI is InChI=1S/C17H26N2O5/c1-4-12(5-2)13-9-14(24-18-13)15(20)19-8-6-7-17(10-19,11-23-3)16(21)22/h9,12H,4-8,10-11H2,1-3H3,(H,21,22). The van der Waals surface area contributed by atoms with E-state index in [-0.39, 0.29) is 30.7 Å². The molecule has 1 atom stereocenters. The van der Waals surface area contributed by atoms with Crippen molar-refractivity contribution in [2.75, 3.05) is 26.8 Å². The van der Waals surface area contributed by atoms with Crippen LogP contribution in [0.1, 0.15) is 61.7 Å². The van der Waals surface area contributed by atoms with Crippen molar-refractivity contribution in [2.24, 2.45) is 5.41 Å². The summed E-state index contributed by atoms with van der Waals surface area (Å²) < 4.78 is 10.3. The SMILES string of the molecule is CCC(CC)c1cc(C(=O)N2CCCC(COC)(C(=O)O)C2)on1. The summed E-state index contributed by atoms with van der Waals surface area (Å²) in [6.45, 7) is 4.86. The van der Waals surface area contributed by atoms with Gasteiger partial charge in [-0.1, -0.05) is 19.0 Å². The first-order chi connectivity index (χ1) is 11.5. The van der Waals surface area contributed by atoms with Crippen LogP contribution in [0.2, 0.25) is 0 Å². The first-order valence-corrected chi connectivity index (χ1v) is 8.45. The number of aliphatic carboxylic acids is 1. The van der Waals surface area contributed by atoms with Crippen molar-refractivity contribution in [3.05, 3.63) is 17.5 Å². The Morgan fingerprint density at radius 1 is 1.46 bits per heavy atom. The summed E-state index contributed by atoms with van der Waals surface area (Å²) in [6.07, 6.45) is 2.97. The number of amides is 1. The lowest BCUT2D eigenvalue weighted by molar-refractivity contribution is -0.155. The summed E-state index contributed by atoms with van der Waals surface area (Å²) in [7, 11) is 1.48. The molecule has 134 valence electrons. The Hall–Kier alpha value is -1.89. The smallest absolute Gasteiger partial charge is 0.313 e. The zero-order chi connectivity index (χ0) is 17.7. The summed E-state index contributed by atoms with van der Waals surface area (Å²) in [5, 5.41) is 13.6. The minimum Gasteiger partial charge on any atom is -0.481 e. The molecule has 0 radical (unpaired) electrons. The van der Waals surface area contributed by atoms with Crippen LogP contribution in [0.5, 0.6) is 0 Å². The zero-order valence-electron chi connectivity index (χ0n) is 14.6. The largest absolute Gasteiger partial charge is 0.481 e. The predicted octanol–water partition coefficient (Wildman–Crippen LogP) is 2.53. The zero-order valence-corrected chi connectivity index (χ0v) is 14.6. The highest BCUT2D eigenvalue weighted by molar-refractivity contribution is 5.92. The third kappa shape index (κ3) is 3.61. The second kappa shape index (κ2) is 7.79. The van der Waals surface area contributed by atoms with Gasteiger partial charge in [-0.3, -0.25) is 9.59 Å². The van der Waals surface area contributed by atoms with E-state index < -0.39 is 11.4 Å². The van der Waals surface area contributed by atoms with Crippen molar-refractivity contribution in [1.29, 1.82) is 0 Å². The van der Waals surface area contributed by atoms with Gasteiger partial charge in [-0.25, -0.2) is 0 Å². The maximum absolute atomic E-state index is 12.7. The molecule has 1 aliphatic heterocycles. The fourth-order valence-corrected chi connectivity index (χ4v) is 3.38. The number of carbonyl (C=O) groups excluding carboxylic acids is 1. The molecule has 0 aliphatic carbocycles. The maximum Gasteiger partial charge on any atom is 0.313 e. The number of nitrogens with zero attached hydrogens (tertiary/aromatic N) is 2. The number of likely N-dealkylation sites (tertiary alicyclic amines) is 1. The number of methoxy groups -OCH3 is 1. The van der Waals surface area contributed by atoms with E-state index in [4.69, 9.17) is 9.26 Å². The van der Waals surface area contributed by atoms with Crippen LogP contribution in [0, 0.1) is 5.41 Å². The van der Waals surface area contributed by atoms with Crippen molar-refractivity contribution < 1.29 is 24.0 Å². The molecule has 2 rings (SSSR count). The van der Waals surface area contributed by atoms with Crippen molar-refractivity contribution >= 4 is 11.9 Å². The van der Waals surface area contributed by atoms with Gasteiger partial charge in [-0.2, -0.15) is 0 Å². The molecule has 0 bridgehead atoms. The van der Waals surface area contributed by atoms with Crippen molar-refractivity contribution in [3.63, 3.8) is 0 Å². The molecular weight excluding hydrogens is 312 g/mol. The van der Waals surface area contributed by atoms with Crippen LogP contribution in [-0.2, 0) is 9.53 Å². The summed E-state index contributed by atoms with van der Waals surface area (Å²) in [6, 6.07) is 1.69. The number of carboxylic acids is 1. The molecule has 1 aromatic heterocycles. The van der Waals surface area contributed by atoms with E-state index in [1.807, 2.05) is 0 Å². The van der Waals surface area contributed by atoms with Gasteiger partial charge in [0.1, 0.15) is 5.41 Å². The van der Waals surface area contributed by atoms with Gasteiger partial charge in [0.15, 0.2) is 0 Å². The summed E-state index contributed by atoms with van der Waals surface area (Å²) in [5.74, 6) is -0.794. The number of hydrogen-bond acceptors (Lipinski definition) is 5. The van der Waals surface area contributed by atoms with Gasteiger partial charge in [-0.05, 0) is 25.7 Å². The molecule has 1 aromatic rings. The molecule has 0 aromatic carbocycles. The molecule has 0 saturated carbocycles. The normalized spacial score (nSPS) is 21.2. The van der Waals surface area contributed by atoms with Gasteiger partial charge in [0.05, 0.1) is 12.3 Å². The van der Waals surface area contributed by atoms with Crippen LogP contribution in [0.25, 0.3) is 0 Å². The number of rotatable bonds is 7. The third-order valence-electron chi connectivity index (χ3n) is 4.88. The van der Waals surface area contributed by atoms with Crippen molar-refractivity contribution in [1.82, 2.24) is 10.1 Å². The fraction of sp³-hybridized carbons (Fsp3) is 0.706. The van der Waals surface area contributed by atoms with Gasteiger partial charge >= 0.3 is 5.97 Å². The van der Waals surface area contributed by atoms with Gasteiger partial charge in [0.25, 0.3) is 5.91 Å². The van der Waals surface area contributed by atoms with Crippen LogP contribution in [-0.4, -0.2) is 53.8 Å². The van der Waals surface area contributed by atoms with Gasteiger partial charge in [0.2, 0.25) is 5.76 Å². The van der Waals surface area contributed by atoms with E-state index in [0.29, 0.717) is 19.4 Å². The summed E-state index contributed by atoms with van der Waals surface area (Å²) >= 11 is 0. The molecule has 1 amide bonds. The number of carboxylic acid groups (broad SMARTS) is 1. The van der Waals surface area contributed by atoms with Gasteiger partial charge < -0.3 is 19.3 Å². The summed E-state index contributed by atoms with van der Waals surface area (Å²) in [4.78, 5) is 25.9. The van der Waals surface area contributed by atoms with E-state index in [0.717, 1.165) is 18.5 Å². The van der Waals surface area contributed by atoms with E-state index >= 15 is 0 Å². The number of aromatic nitrogens is 1. The fourth-order valence-electron chi connectivity index (χ4n) is 3.38. The van der Waals surface area contributed by atoms with E-state index in [9.17, 15) is 14.7 Å². The Morgan fingerprint density at radius 2 is 2.17 bits per heavy atom. The number of piperidine rings is 1. The Bertz CT molecular complexity index is 577. The molecule has 0 spiro atoms. The van der Waals surface area contributed by atoms with Crippen molar-refractivity contribution in [2.45, 2.75) is 45.4 Å². The molecule has 1 N–H and O–H groups in total. The molecule has 1 aliphatic rings. The average Bonchev–Trinajstić information content (AvgIpc) is 3.05. The Labute approximate surface area is 141 Å². The van der Waals surface area contributed by atoms with E-state index in [1.54, 1.807) is 6.07 Å². The Balaban J connectivity index is 2.16. The molecule has 1 fully saturated rings. The Kier molecular flexibility index (Phi) is 5.99. The first-order valence-electron chi connectivity index (χ1n) is 8.45. The van der Waals surface area contributed by atoms with E-state index in [1.165, 1.54) is 12.0 Å². The lowest BCUT2D eigenvalue weighted by atomic mass is 9.80. The molecule has 1 saturated heterocycles. The van der Waals surface area contributed by atoms with Crippen LogP contribution in [0.15, 0.2) is 10.6 Å². The molecule has 2 heterocycles.